The van der Waals surface area contributed by atoms with Crippen molar-refractivity contribution in [3.63, 3.8) is 0 Å². The highest BCUT2D eigenvalue weighted by Gasteiger charge is 2.10. The average Bonchev–Trinajstić information content (AvgIpc) is 2.65. The van der Waals surface area contributed by atoms with E-state index in [0.29, 0.717) is 33.4 Å². The van der Waals surface area contributed by atoms with E-state index in [1.807, 2.05) is 0 Å². The van der Waals surface area contributed by atoms with Gasteiger partial charge in [0.05, 0.1) is 24.3 Å². The van der Waals surface area contributed by atoms with Crippen molar-refractivity contribution < 1.29 is 24.2 Å². The number of aliphatic carboxylic acids is 1. The minimum atomic E-state index is -0.968. The number of nitrogens with one attached hydrogen (secondary N) is 1. The zero-order valence-electron chi connectivity index (χ0n) is 14.9. The Morgan fingerprint density at radius 2 is 1.93 bits per heavy atom. The Bertz CT molecular complexity index is 867. The van der Waals surface area contributed by atoms with Crippen LogP contribution in [0.2, 0.25) is 5.02 Å². The van der Waals surface area contributed by atoms with Gasteiger partial charge < -0.3 is 14.6 Å². The summed E-state index contributed by atoms with van der Waals surface area (Å²) >= 11 is 5.95. The Labute approximate surface area is 161 Å². The number of carbonyl (C=O) groups excluding carboxylic acids is 1. The largest absolute Gasteiger partial charge is 0.496 e. The van der Waals surface area contributed by atoms with Crippen LogP contribution in [-0.4, -0.2) is 36.4 Å². The summed E-state index contributed by atoms with van der Waals surface area (Å²) in [4.78, 5) is 22.9. The van der Waals surface area contributed by atoms with Crippen molar-refractivity contribution in [2.45, 2.75) is 13.3 Å². The minimum Gasteiger partial charge on any atom is -0.496 e. The molecule has 8 heteroatoms. The molecule has 27 heavy (non-hydrogen) atoms. The Kier molecular flexibility index (Phi) is 7.19. The van der Waals surface area contributed by atoms with Crippen molar-refractivity contribution in [1.29, 1.82) is 0 Å². The number of amides is 1. The number of carboxylic acids is 1. The van der Waals surface area contributed by atoms with Gasteiger partial charge in [-0.25, -0.2) is 5.43 Å². The van der Waals surface area contributed by atoms with Crippen LogP contribution in [0, 0.1) is 0 Å². The van der Waals surface area contributed by atoms with Crippen LogP contribution in [0.25, 0.3) is 0 Å². The summed E-state index contributed by atoms with van der Waals surface area (Å²) in [7, 11) is 1.47. The fourth-order valence-corrected chi connectivity index (χ4v) is 2.44. The molecule has 7 nitrogen and oxygen atoms in total. The molecule has 1 amide bonds. The van der Waals surface area contributed by atoms with Crippen molar-refractivity contribution in [2.24, 2.45) is 5.10 Å². The molecule has 0 unspecified atom stereocenters. The molecular weight excluding hydrogens is 372 g/mol. The molecule has 0 fully saturated rings. The Hall–Kier alpha value is -3.06. The highest BCUT2D eigenvalue weighted by Crippen LogP contribution is 2.23. The van der Waals surface area contributed by atoms with Crippen LogP contribution < -0.4 is 14.9 Å². The quantitative estimate of drug-likeness (QED) is 0.533. The molecule has 2 rings (SSSR count). The second-order valence-electron chi connectivity index (χ2n) is 5.55. The van der Waals surface area contributed by atoms with Crippen molar-refractivity contribution in [3.8, 4) is 11.5 Å². The molecule has 2 N–H and O–H groups in total. The van der Waals surface area contributed by atoms with Gasteiger partial charge in [0, 0.05) is 5.56 Å². The van der Waals surface area contributed by atoms with Gasteiger partial charge in [0.1, 0.15) is 11.5 Å². The predicted octanol–water partition coefficient (Wildman–Crippen LogP) is 2.89. The van der Waals surface area contributed by atoms with Crippen LogP contribution >= 0.6 is 11.6 Å². The monoisotopic (exact) mass is 390 g/mol. The first kappa shape index (κ1) is 20.3. The topological polar surface area (TPSA) is 97.2 Å². The third-order valence-electron chi connectivity index (χ3n) is 3.58. The highest BCUT2D eigenvalue weighted by atomic mass is 35.5. The van der Waals surface area contributed by atoms with Gasteiger partial charge in [0.25, 0.3) is 5.91 Å². The summed E-state index contributed by atoms with van der Waals surface area (Å²) in [6, 6.07) is 11.9. The number of methoxy groups -OCH3 is 1. The molecule has 0 radical (unpaired) electrons. The highest BCUT2D eigenvalue weighted by molar-refractivity contribution is 6.32. The lowest BCUT2D eigenvalue weighted by Crippen LogP contribution is -2.25. The molecule has 0 atom stereocenters. The molecule has 0 bridgehead atoms. The lowest BCUT2D eigenvalue weighted by atomic mass is 10.0. The SMILES string of the molecule is COc1ccc(/C(C)=N\NC(=O)COc2ccccc2Cl)cc1CC(=O)O. The standard InChI is InChI=1S/C19H19ClN2O5/c1-12(13-7-8-16(26-2)14(9-13)10-19(24)25)21-22-18(23)11-27-17-6-4-3-5-15(17)20/h3-9H,10-11H2,1-2H3,(H,22,23)(H,24,25)/b21-12-. The minimum absolute atomic E-state index is 0.178. The molecular formula is C19H19ClN2O5. The summed E-state index contributed by atoms with van der Waals surface area (Å²) in [5, 5.41) is 13.4. The Balaban J connectivity index is 2.01. The van der Waals surface area contributed by atoms with E-state index in [1.54, 1.807) is 49.4 Å². The number of rotatable bonds is 8. The number of para-hydroxylation sites is 1. The molecule has 2 aromatic rings. The molecule has 142 valence electrons. The number of halogens is 1. The molecule has 0 aliphatic carbocycles. The number of hydrogen-bond donors (Lipinski definition) is 2. The number of carbonyl (C=O) groups is 2. The molecule has 0 heterocycles. The number of hydrazone groups is 1. The third-order valence-corrected chi connectivity index (χ3v) is 3.90. The smallest absolute Gasteiger partial charge is 0.307 e. The first-order valence-electron chi connectivity index (χ1n) is 8.00. The van der Waals surface area contributed by atoms with Crippen molar-refractivity contribution >= 4 is 29.2 Å². The van der Waals surface area contributed by atoms with Crippen LogP contribution in [0.1, 0.15) is 18.1 Å². The van der Waals surface area contributed by atoms with Gasteiger partial charge in [-0.05, 0) is 42.8 Å². The van der Waals surface area contributed by atoms with Gasteiger partial charge in [0.15, 0.2) is 6.61 Å². The second-order valence-corrected chi connectivity index (χ2v) is 5.96. The van der Waals surface area contributed by atoms with Crippen molar-refractivity contribution in [2.75, 3.05) is 13.7 Å². The molecule has 0 aromatic heterocycles. The van der Waals surface area contributed by atoms with E-state index in [0.717, 1.165) is 0 Å². The Morgan fingerprint density at radius 3 is 2.59 bits per heavy atom. The second kappa shape index (κ2) is 9.59. The van der Waals surface area contributed by atoms with Gasteiger partial charge in [-0.2, -0.15) is 5.10 Å². The number of ether oxygens (including phenoxy) is 2. The lowest BCUT2D eigenvalue weighted by molar-refractivity contribution is -0.136. The summed E-state index contributed by atoms with van der Waals surface area (Å²) in [6.45, 7) is 1.45. The van der Waals surface area contributed by atoms with E-state index < -0.39 is 11.9 Å². The number of benzene rings is 2. The van der Waals surface area contributed by atoms with Crippen LogP contribution in [0.15, 0.2) is 47.6 Å². The van der Waals surface area contributed by atoms with E-state index in [2.05, 4.69) is 10.5 Å². The first-order chi connectivity index (χ1) is 12.9. The van der Waals surface area contributed by atoms with Gasteiger partial charge in [-0.3, -0.25) is 9.59 Å². The van der Waals surface area contributed by atoms with Gasteiger partial charge in [0.2, 0.25) is 0 Å². The Morgan fingerprint density at radius 1 is 1.19 bits per heavy atom. The number of carboxylic acid groups (broad SMARTS) is 1. The van der Waals surface area contributed by atoms with E-state index in [1.165, 1.54) is 7.11 Å². The lowest BCUT2D eigenvalue weighted by Gasteiger charge is -2.10. The van der Waals surface area contributed by atoms with E-state index >= 15 is 0 Å². The van der Waals surface area contributed by atoms with Crippen LogP contribution in [0.3, 0.4) is 0 Å². The van der Waals surface area contributed by atoms with Crippen molar-refractivity contribution in [1.82, 2.24) is 5.43 Å². The maximum atomic E-state index is 11.9. The average molecular weight is 391 g/mol. The summed E-state index contributed by atoms with van der Waals surface area (Å²) in [5.74, 6) is -0.534. The van der Waals surface area contributed by atoms with Gasteiger partial charge in [-0.1, -0.05) is 23.7 Å². The summed E-state index contributed by atoms with van der Waals surface area (Å²) in [5.41, 5.74) is 4.09. The fraction of sp³-hybridized carbons (Fsp3) is 0.211. The van der Waals surface area contributed by atoms with Gasteiger partial charge in [-0.15, -0.1) is 0 Å². The molecule has 0 saturated heterocycles. The van der Waals surface area contributed by atoms with E-state index in [9.17, 15) is 9.59 Å². The van der Waals surface area contributed by atoms with E-state index in [-0.39, 0.29) is 13.0 Å². The summed E-state index contributed by atoms with van der Waals surface area (Å²) < 4.78 is 10.5. The summed E-state index contributed by atoms with van der Waals surface area (Å²) in [6.07, 6.45) is -0.178. The predicted molar refractivity (Wildman–Crippen MR) is 102 cm³/mol. The normalized spacial score (nSPS) is 11.0. The molecule has 0 aliphatic heterocycles. The number of nitrogens with zero attached hydrogens (tertiary/aromatic N) is 1. The van der Waals surface area contributed by atoms with Crippen molar-refractivity contribution in [3.05, 3.63) is 58.6 Å². The zero-order valence-corrected chi connectivity index (χ0v) is 15.6. The maximum Gasteiger partial charge on any atom is 0.307 e. The molecule has 0 spiro atoms. The molecule has 0 saturated carbocycles. The number of hydrogen-bond acceptors (Lipinski definition) is 5. The van der Waals surface area contributed by atoms with Crippen LogP contribution in [0.4, 0.5) is 0 Å². The van der Waals surface area contributed by atoms with Gasteiger partial charge >= 0.3 is 5.97 Å². The van der Waals surface area contributed by atoms with Crippen LogP contribution in [0.5, 0.6) is 11.5 Å². The maximum absolute atomic E-state index is 11.9. The van der Waals surface area contributed by atoms with Crippen LogP contribution in [-0.2, 0) is 16.0 Å². The fourth-order valence-electron chi connectivity index (χ4n) is 2.25. The van der Waals surface area contributed by atoms with E-state index in [4.69, 9.17) is 26.2 Å². The molecule has 0 aliphatic rings. The molecule has 2 aromatic carbocycles. The first-order valence-corrected chi connectivity index (χ1v) is 8.38. The zero-order chi connectivity index (χ0) is 19.8. The third kappa shape index (κ3) is 6.00.